The predicted molar refractivity (Wildman–Crippen MR) is 42.7 cm³/mol. The van der Waals surface area contributed by atoms with Crippen molar-refractivity contribution in [3.8, 4) is 0 Å². The molecule has 3 N–H and O–H groups in total. The van der Waals surface area contributed by atoms with E-state index < -0.39 is 11.1 Å². The quantitative estimate of drug-likeness (QED) is 0.548. The molecule has 2 rings (SSSR count). The summed E-state index contributed by atoms with van der Waals surface area (Å²) >= 11 is 0. The lowest BCUT2D eigenvalue weighted by molar-refractivity contribution is -0.0433. The van der Waals surface area contributed by atoms with Gasteiger partial charge in [-0.2, -0.15) is 0 Å². The van der Waals surface area contributed by atoms with Crippen molar-refractivity contribution in [3.63, 3.8) is 0 Å². The standard InChI is InChI=1S/C8H15NO3/c9-7(1-3-11-5-7)8(10)2-4-12-6-8/h10H,1-6,9H2. The van der Waals surface area contributed by atoms with Gasteiger partial charge in [0.05, 0.1) is 18.8 Å². The van der Waals surface area contributed by atoms with Gasteiger partial charge in [-0.1, -0.05) is 0 Å². The maximum absolute atomic E-state index is 10.1. The summed E-state index contributed by atoms with van der Waals surface area (Å²) in [6.45, 7) is 2.06. The molecule has 0 aromatic carbocycles. The zero-order valence-corrected chi connectivity index (χ0v) is 7.08. The van der Waals surface area contributed by atoms with Crippen LogP contribution in [0.1, 0.15) is 12.8 Å². The van der Waals surface area contributed by atoms with Gasteiger partial charge < -0.3 is 20.3 Å². The Morgan fingerprint density at radius 2 is 1.75 bits per heavy atom. The van der Waals surface area contributed by atoms with E-state index >= 15 is 0 Å². The first-order chi connectivity index (χ1) is 5.66. The average molecular weight is 173 g/mol. The van der Waals surface area contributed by atoms with Crippen LogP contribution in [0.4, 0.5) is 0 Å². The molecule has 70 valence electrons. The Kier molecular flexibility index (Phi) is 1.88. The van der Waals surface area contributed by atoms with Crippen LogP contribution in [0.25, 0.3) is 0 Å². The molecule has 2 heterocycles. The highest BCUT2D eigenvalue weighted by Crippen LogP contribution is 2.34. The van der Waals surface area contributed by atoms with Crippen molar-refractivity contribution in [2.24, 2.45) is 5.73 Å². The Labute approximate surface area is 71.6 Å². The summed E-state index contributed by atoms with van der Waals surface area (Å²) < 4.78 is 10.3. The van der Waals surface area contributed by atoms with E-state index in [0.717, 1.165) is 6.42 Å². The minimum Gasteiger partial charge on any atom is -0.385 e. The fourth-order valence-corrected chi connectivity index (χ4v) is 1.89. The third kappa shape index (κ3) is 1.07. The lowest BCUT2D eigenvalue weighted by atomic mass is 9.79. The Hall–Kier alpha value is -0.160. The molecule has 0 saturated carbocycles. The molecule has 2 saturated heterocycles. The highest BCUT2D eigenvalue weighted by molar-refractivity contribution is 5.07. The number of nitrogens with two attached hydrogens (primary N) is 1. The van der Waals surface area contributed by atoms with Crippen LogP contribution in [0.15, 0.2) is 0 Å². The Morgan fingerprint density at radius 1 is 1.08 bits per heavy atom. The van der Waals surface area contributed by atoms with E-state index in [0.29, 0.717) is 32.8 Å². The number of hydrogen-bond donors (Lipinski definition) is 2. The number of hydrogen-bond acceptors (Lipinski definition) is 4. The van der Waals surface area contributed by atoms with Gasteiger partial charge in [0.2, 0.25) is 0 Å². The molecule has 2 aliphatic heterocycles. The van der Waals surface area contributed by atoms with Gasteiger partial charge in [0.15, 0.2) is 0 Å². The SMILES string of the molecule is NC1(C2(O)CCOC2)CCOC1. The molecule has 2 unspecified atom stereocenters. The summed E-state index contributed by atoms with van der Waals surface area (Å²) in [4.78, 5) is 0. The van der Waals surface area contributed by atoms with Gasteiger partial charge in [0, 0.05) is 19.6 Å². The molecule has 2 atom stereocenters. The van der Waals surface area contributed by atoms with Crippen molar-refractivity contribution in [2.45, 2.75) is 24.0 Å². The summed E-state index contributed by atoms with van der Waals surface area (Å²) in [6, 6.07) is 0. The van der Waals surface area contributed by atoms with Crippen molar-refractivity contribution < 1.29 is 14.6 Å². The smallest absolute Gasteiger partial charge is 0.110 e. The van der Waals surface area contributed by atoms with Crippen LogP contribution in [0.3, 0.4) is 0 Å². The van der Waals surface area contributed by atoms with E-state index in [4.69, 9.17) is 15.2 Å². The zero-order valence-electron chi connectivity index (χ0n) is 7.08. The summed E-state index contributed by atoms with van der Waals surface area (Å²) in [7, 11) is 0. The lowest BCUT2D eigenvalue weighted by Gasteiger charge is -2.36. The van der Waals surface area contributed by atoms with Gasteiger partial charge in [-0.25, -0.2) is 0 Å². The first-order valence-corrected chi connectivity index (χ1v) is 4.33. The molecule has 4 nitrogen and oxygen atoms in total. The van der Waals surface area contributed by atoms with Crippen LogP contribution in [0.2, 0.25) is 0 Å². The van der Waals surface area contributed by atoms with Gasteiger partial charge in [0.25, 0.3) is 0 Å². The third-order valence-corrected chi connectivity index (χ3v) is 2.98. The molecule has 0 spiro atoms. The maximum atomic E-state index is 10.1. The third-order valence-electron chi connectivity index (χ3n) is 2.98. The first kappa shape index (κ1) is 8.44. The van der Waals surface area contributed by atoms with Crippen LogP contribution < -0.4 is 5.73 Å². The lowest BCUT2D eigenvalue weighted by Crippen LogP contribution is -2.61. The molecular weight excluding hydrogens is 158 g/mol. The number of rotatable bonds is 1. The second-order valence-corrected chi connectivity index (χ2v) is 3.79. The van der Waals surface area contributed by atoms with Gasteiger partial charge in [-0.05, 0) is 6.42 Å². The highest BCUT2D eigenvalue weighted by Gasteiger charge is 2.52. The van der Waals surface area contributed by atoms with Gasteiger partial charge in [0.1, 0.15) is 5.60 Å². The molecule has 2 aliphatic rings. The van der Waals surface area contributed by atoms with Gasteiger partial charge in [-0.15, -0.1) is 0 Å². The Bertz CT molecular complexity index is 151. The van der Waals surface area contributed by atoms with E-state index in [2.05, 4.69) is 0 Å². The molecule has 0 bridgehead atoms. The summed E-state index contributed by atoms with van der Waals surface area (Å²) in [5.41, 5.74) is 4.61. The first-order valence-electron chi connectivity index (χ1n) is 4.33. The molecule has 0 aromatic heterocycles. The molecule has 0 aliphatic carbocycles. The van der Waals surface area contributed by atoms with Crippen molar-refractivity contribution in [3.05, 3.63) is 0 Å². The van der Waals surface area contributed by atoms with Crippen LogP contribution in [-0.4, -0.2) is 42.7 Å². The molecule has 4 heteroatoms. The second-order valence-electron chi connectivity index (χ2n) is 3.79. The van der Waals surface area contributed by atoms with Crippen molar-refractivity contribution in [1.82, 2.24) is 0 Å². The van der Waals surface area contributed by atoms with Crippen LogP contribution in [-0.2, 0) is 9.47 Å². The summed E-state index contributed by atoms with van der Waals surface area (Å²) in [6.07, 6.45) is 1.36. The van der Waals surface area contributed by atoms with E-state index in [-0.39, 0.29) is 0 Å². The van der Waals surface area contributed by atoms with Crippen LogP contribution in [0.5, 0.6) is 0 Å². The topological polar surface area (TPSA) is 64.7 Å². The number of ether oxygens (including phenoxy) is 2. The van der Waals surface area contributed by atoms with E-state index in [1.807, 2.05) is 0 Å². The Balaban J connectivity index is 2.14. The summed E-state index contributed by atoms with van der Waals surface area (Å²) in [5.74, 6) is 0. The highest BCUT2D eigenvalue weighted by atomic mass is 16.5. The van der Waals surface area contributed by atoms with Gasteiger partial charge in [-0.3, -0.25) is 0 Å². The normalized spacial score (nSPS) is 48.5. The van der Waals surface area contributed by atoms with Crippen LogP contribution in [0, 0.1) is 0 Å². The molecule has 0 aromatic rings. The molecule has 2 fully saturated rings. The maximum Gasteiger partial charge on any atom is 0.110 e. The molecular formula is C8H15NO3. The van der Waals surface area contributed by atoms with Crippen molar-refractivity contribution in [1.29, 1.82) is 0 Å². The zero-order chi connectivity index (χ0) is 8.66. The largest absolute Gasteiger partial charge is 0.385 e. The molecule has 0 radical (unpaired) electrons. The summed E-state index contributed by atoms with van der Waals surface area (Å²) in [5, 5.41) is 10.1. The fraction of sp³-hybridized carbons (Fsp3) is 1.00. The van der Waals surface area contributed by atoms with E-state index in [1.165, 1.54) is 0 Å². The predicted octanol–water partition coefficient (Wildman–Crippen LogP) is -0.744. The van der Waals surface area contributed by atoms with Gasteiger partial charge >= 0.3 is 0 Å². The van der Waals surface area contributed by atoms with E-state index in [9.17, 15) is 5.11 Å². The number of aliphatic hydroxyl groups is 1. The minimum atomic E-state index is -0.858. The molecule has 12 heavy (non-hydrogen) atoms. The van der Waals surface area contributed by atoms with E-state index in [1.54, 1.807) is 0 Å². The van der Waals surface area contributed by atoms with Crippen molar-refractivity contribution in [2.75, 3.05) is 26.4 Å². The molecule has 0 amide bonds. The average Bonchev–Trinajstić information content (AvgIpc) is 2.60. The Morgan fingerprint density at radius 3 is 2.25 bits per heavy atom. The monoisotopic (exact) mass is 173 g/mol. The second kappa shape index (κ2) is 2.67. The van der Waals surface area contributed by atoms with Crippen molar-refractivity contribution >= 4 is 0 Å². The minimum absolute atomic E-state index is 0.354. The van der Waals surface area contributed by atoms with Crippen LogP contribution >= 0.6 is 0 Å². The fourth-order valence-electron chi connectivity index (χ4n) is 1.89.